The summed E-state index contributed by atoms with van der Waals surface area (Å²) >= 11 is 0. The zero-order valence-electron chi connectivity index (χ0n) is 14.7. The van der Waals surface area contributed by atoms with E-state index in [1.807, 2.05) is 35.4 Å². The van der Waals surface area contributed by atoms with Crippen molar-refractivity contribution in [3.8, 4) is 0 Å². The molecule has 2 atom stereocenters. The maximum atomic E-state index is 12.3. The first-order valence-corrected chi connectivity index (χ1v) is 9.22. The van der Waals surface area contributed by atoms with Crippen LogP contribution in [-0.4, -0.2) is 56.0 Å². The van der Waals surface area contributed by atoms with Gasteiger partial charge in [0.15, 0.2) is 0 Å². The van der Waals surface area contributed by atoms with Gasteiger partial charge in [0, 0.05) is 26.1 Å². The molecule has 0 unspecified atom stereocenters. The molecule has 0 spiro atoms. The van der Waals surface area contributed by atoms with E-state index in [9.17, 15) is 4.79 Å². The van der Waals surface area contributed by atoms with Crippen LogP contribution in [0.2, 0.25) is 0 Å². The molecule has 1 amide bonds. The number of carbonyl (C=O) groups is 1. The molecular weight excluding hydrogens is 320 g/mol. The van der Waals surface area contributed by atoms with Gasteiger partial charge in [-0.05, 0) is 24.8 Å². The summed E-state index contributed by atoms with van der Waals surface area (Å²) in [6, 6.07) is 10.0. The average molecular weight is 348 g/mol. The van der Waals surface area contributed by atoms with Gasteiger partial charge in [-0.3, -0.25) is 9.63 Å². The average Bonchev–Trinajstić information content (AvgIpc) is 2.67. The zero-order valence-corrected chi connectivity index (χ0v) is 14.7. The Bertz CT molecular complexity index is 519. The third-order valence-electron chi connectivity index (χ3n) is 4.61. The molecule has 2 aliphatic rings. The summed E-state index contributed by atoms with van der Waals surface area (Å²) in [5, 5.41) is 4.97. The molecule has 3 rings (SSSR count). The van der Waals surface area contributed by atoms with Crippen molar-refractivity contribution in [3.05, 3.63) is 35.9 Å². The Morgan fingerprint density at radius 3 is 2.92 bits per heavy atom. The van der Waals surface area contributed by atoms with Gasteiger partial charge in [0.25, 0.3) is 0 Å². The number of ether oxygens (including phenoxy) is 2. The summed E-state index contributed by atoms with van der Waals surface area (Å²) in [5.74, 6) is 0.0259. The lowest BCUT2D eigenvalue weighted by Crippen LogP contribution is -2.51. The fraction of sp³-hybridized carbons (Fsp3) is 0.632. The highest BCUT2D eigenvalue weighted by molar-refractivity contribution is 5.76. The zero-order chi connectivity index (χ0) is 17.3. The van der Waals surface area contributed by atoms with Crippen molar-refractivity contribution in [2.24, 2.45) is 0 Å². The van der Waals surface area contributed by atoms with Crippen molar-refractivity contribution in [2.45, 2.75) is 44.4 Å². The normalized spacial score (nSPS) is 24.8. The minimum Gasteiger partial charge on any atom is -0.379 e. The maximum absolute atomic E-state index is 12.3. The Labute approximate surface area is 149 Å². The van der Waals surface area contributed by atoms with Crippen molar-refractivity contribution in [1.82, 2.24) is 10.4 Å². The molecule has 2 heterocycles. The quantitative estimate of drug-likeness (QED) is 0.815. The van der Waals surface area contributed by atoms with E-state index in [0.29, 0.717) is 32.8 Å². The lowest BCUT2D eigenvalue weighted by atomic mass is 10.1. The van der Waals surface area contributed by atoms with E-state index in [1.165, 1.54) is 0 Å². The van der Waals surface area contributed by atoms with Gasteiger partial charge in [-0.1, -0.05) is 30.3 Å². The van der Waals surface area contributed by atoms with E-state index >= 15 is 0 Å². The van der Waals surface area contributed by atoms with Crippen molar-refractivity contribution < 1.29 is 19.1 Å². The smallest absolute Gasteiger partial charge is 0.221 e. The number of nitrogens with zero attached hydrogens (tertiary/aromatic N) is 1. The Morgan fingerprint density at radius 1 is 1.24 bits per heavy atom. The minimum atomic E-state index is -0.0905. The van der Waals surface area contributed by atoms with E-state index in [0.717, 1.165) is 38.0 Å². The van der Waals surface area contributed by atoms with Crippen LogP contribution in [-0.2, 0) is 25.7 Å². The Kier molecular flexibility index (Phi) is 7.23. The van der Waals surface area contributed by atoms with Crippen molar-refractivity contribution in [1.29, 1.82) is 0 Å². The molecular formula is C19H28N2O4. The first-order chi connectivity index (χ1) is 12.3. The van der Waals surface area contributed by atoms with Gasteiger partial charge in [0.1, 0.15) is 0 Å². The van der Waals surface area contributed by atoms with Crippen LogP contribution in [0.25, 0.3) is 0 Å². The molecule has 0 aliphatic carbocycles. The van der Waals surface area contributed by atoms with Crippen LogP contribution >= 0.6 is 0 Å². The molecule has 0 bridgehead atoms. The van der Waals surface area contributed by atoms with E-state index in [1.54, 1.807) is 0 Å². The van der Waals surface area contributed by atoms with E-state index < -0.39 is 0 Å². The summed E-state index contributed by atoms with van der Waals surface area (Å²) in [4.78, 5) is 17.8. The lowest BCUT2D eigenvalue weighted by Gasteiger charge is -2.32. The van der Waals surface area contributed by atoms with Gasteiger partial charge in [-0.2, -0.15) is 5.06 Å². The van der Waals surface area contributed by atoms with Gasteiger partial charge < -0.3 is 14.8 Å². The molecule has 1 N–H and O–H groups in total. The number of hydrogen-bond donors (Lipinski definition) is 1. The Hall–Kier alpha value is -1.47. The SMILES string of the molecule is O=C(CCN1CCCCO1)N[C@@H]1COCC[C@@H]1OCc1ccccc1. The largest absolute Gasteiger partial charge is 0.379 e. The van der Waals surface area contributed by atoms with Gasteiger partial charge in [-0.15, -0.1) is 0 Å². The molecule has 2 saturated heterocycles. The third kappa shape index (κ3) is 6.08. The van der Waals surface area contributed by atoms with Gasteiger partial charge in [0.05, 0.1) is 32.0 Å². The Morgan fingerprint density at radius 2 is 2.12 bits per heavy atom. The van der Waals surface area contributed by atoms with Gasteiger partial charge in [0.2, 0.25) is 5.91 Å². The maximum Gasteiger partial charge on any atom is 0.221 e. The second kappa shape index (κ2) is 9.87. The van der Waals surface area contributed by atoms with Gasteiger partial charge >= 0.3 is 0 Å². The number of benzene rings is 1. The molecule has 138 valence electrons. The number of amides is 1. The van der Waals surface area contributed by atoms with Crippen LogP contribution in [0.5, 0.6) is 0 Å². The van der Waals surface area contributed by atoms with Crippen LogP contribution in [0.4, 0.5) is 0 Å². The van der Waals surface area contributed by atoms with Crippen LogP contribution in [0.3, 0.4) is 0 Å². The molecule has 0 aromatic heterocycles. The molecule has 2 fully saturated rings. The molecule has 6 heteroatoms. The van der Waals surface area contributed by atoms with Crippen molar-refractivity contribution in [2.75, 3.05) is 32.9 Å². The summed E-state index contributed by atoms with van der Waals surface area (Å²) in [5.41, 5.74) is 1.14. The predicted octanol–water partition coefficient (Wildman–Crippen LogP) is 1.89. The van der Waals surface area contributed by atoms with Crippen molar-refractivity contribution in [3.63, 3.8) is 0 Å². The number of hydroxylamine groups is 2. The van der Waals surface area contributed by atoms with Gasteiger partial charge in [-0.25, -0.2) is 0 Å². The number of rotatable bonds is 7. The minimum absolute atomic E-state index is 0.0101. The molecule has 0 radical (unpaired) electrons. The number of hydrogen-bond acceptors (Lipinski definition) is 5. The van der Waals surface area contributed by atoms with E-state index in [-0.39, 0.29) is 18.1 Å². The predicted molar refractivity (Wildman–Crippen MR) is 93.8 cm³/mol. The van der Waals surface area contributed by atoms with Crippen LogP contribution < -0.4 is 5.32 Å². The number of carbonyl (C=O) groups excluding carboxylic acids is 1. The monoisotopic (exact) mass is 348 g/mol. The van der Waals surface area contributed by atoms with Crippen LogP contribution in [0.15, 0.2) is 30.3 Å². The van der Waals surface area contributed by atoms with Crippen LogP contribution in [0.1, 0.15) is 31.2 Å². The molecule has 25 heavy (non-hydrogen) atoms. The lowest BCUT2D eigenvalue weighted by molar-refractivity contribution is -0.181. The second-order valence-electron chi connectivity index (χ2n) is 6.59. The van der Waals surface area contributed by atoms with E-state index in [4.69, 9.17) is 14.3 Å². The standard InChI is InChI=1S/C19H28N2O4/c22-19(8-11-21-10-4-5-12-25-21)20-17-15-23-13-9-18(17)24-14-16-6-2-1-3-7-16/h1-3,6-7,17-18H,4-5,8-15H2,(H,20,22)/t17-,18+/m1/s1. The fourth-order valence-corrected chi connectivity index (χ4v) is 3.16. The fourth-order valence-electron chi connectivity index (χ4n) is 3.16. The first kappa shape index (κ1) is 18.3. The van der Waals surface area contributed by atoms with Crippen molar-refractivity contribution >= 4 is 5.91 Å². The highest BCUT2D eigenvalue weighted by atomic mass is 16.7. The molecule has 2 aliphatic heterocycles. The summed E-state index contributed by atoms with van der Waals surface area (Å²) < 4.78 is 11.6. The summed E-state index contributed by atoms with van der Waals surface area (Å²) in [6.45, 7) is 4.03. The summed E-state index contributed by atoms with van der Waals surface area (Å²) in [6.07, 6.45) is 3.45. The summed E-state index contributed by atoms with van der Waals surface area (Å²) in [7, 11) is 0. The third-order valence-corrected chi connectivity index (χ3v) is 4.61. The second-order valence-corrected chi connectivity index (χ2v) is 6.59. The molecule has 1 aromatic carbocycles. The molecule has 6 nitrogen and oxygen atoms in total. The van der Waals surface area contributed by atoms with Crippen LogP contribution in [0, 0.1) is 0 Å². The Balaban J connectivity index is 1.42. The highest BCUT2D eigenvalue weighted by Gasteiger charge is 2.28. The highest BCUT2D eigenvalue weighted by Crippen LogP contribution is 2.15. The first-order valence-electron chi connectivity index (χ1n) is 9.22. The molecule has 1 aromatic rings. The number of nitrogens with one attached hydrogen (secondary N) is 1. The topological polar surface area (TPSA) is 60.0 Å². The van der Waals surface area contributed by atoms with E-state index in [2.05, 4.69) is 5.32 Å². The molecule has 0 saturated carbocycles.